The second-order valence-electron chi connectivity index (χ2n) is 11.0. The van der Waals surface area contributed by atoms with Crippen molar-refractivity contribution in [3.05, 3.63) is 52.5 Å². The van der Waals surface area contributed by atoms with E-state index in [0.29, 0.717) is 32.2 Å². The Morgan fingerprint density at radius 3 is 3.00 bits per heavy atom. The van der Waals surface area contributed by atoms with E-state index in [2.05, 4.69) is 36.3 Å². The van der Waals surface area contributed by atoms with Gasteiger partial charge in [-0.15, -0.1) is 0 Å². The molecule has 0 aromatic carbocycles. The largest absolute Gasteiger partial charge is 0.480 e. The number of carbonyl (C=O) groups is 1. The Morgan fingerprint density at radius 1 is 1.27 bits per heavy atom. The number of aromatic nitrogens is 2. The zero-order chi connectivity index (χ0) is 25.8. The van der Waals surface area contributed by atoms with E-state index < -0.39 is 12.0 Å². The lowest BCUT2D eigenvalue weighted by Crippen LogP contribution is -2.36. The van der Waals surface area contributed by atoms with Crippen molar-refractivity contribution >= 4 is 11.8 Å². The van der Waals surface area contributed by atoms with Crippen LogP contribution in [0.3, 0.4) is 0 Å². The van der Waals surface area contributed by atoms with Crippen molar-refractivity contribution in [2.24, 2.45) is 5.92 Å². The molecule has 0 bridgehead atoms. The molecule has 2 N–H and O–H groups in total. The fraction of sp³-hybridized carbons (Fsp3) is 0.621. The van der Waals surface area contributed by atoms with Crippen molar-refractivity contribution in [2.45, 2.75) is 83.6 Å². The first kappa shape index (κ1) is 26.1. The van der Waals surface area contributed by atoms with E-state index >= 15 is 0 Å². The van der Waals surface area contributed by atoms with Crippen LogP contribution in [0.1, 0.15) is 73.5 Å². The maximum atomic E-state index is 12.5. The number of anilines is 1. The second-order valence-corrected chi connectivity index (χ2v) is 11.0. The molecule has 0 aliphatic carbocycles. The molecule has 0 amide bonds. The molecule has 3 atom stereocenters. The lowest BCUT2D eigenvalue weighted by molar-refractivity contribution is -0.143. The molecule has 2 aromatic rings. The predicted molar refractivity (Wildman–Crippen MR) is 142 cm³/mol. The van der Waals surface area contributed by atoms with Gasteiger partial charge in [-0.3, -0.25) is 14.7 Å². The standard InChI is InChI=1S/C29H40N4O4/c1-19(2)26-14-24-21(18-37-26)15-30-16-25(24)27(29(34)35)33-12-10-23(17-33)36-13-4-3-7-22-9-8-20-6-5-11-31-28(20)32-22/h8-9,15-16,19,23,26-27H,3-7,10-14,17-18H2,1-2H3,(H,31,32)(H,34,35)/t23-,26?,27-/m1/s1. The average molecular weight is 509 g/mol. The summed E-state index contributed by atoms with van der Waals surface area (Å²) in [6, 6.07) is 3.66. The number of unbranched alkanes of at least 4 members (excludes halogenated alkanes) is 1. The zero-order valence-electron chi connectivity index (χ0n) is 22.1. The Labute approximate surface area is 219 Å². The molecule has 0 radical (unpaired) electrons. The summed E-state index contributed by atoms with van der Waals surface area (Å²) in [6.07, 6.45) is 10.6. The van der Waals surface area contributed by atoms with E-state index in [1.54, 1.807) is 6.20 Å². The van der Waals surface area contributed by atoms with Crippen LogP contribution in [-0.2, 0) is 40.1 Å². The van der Waals surface area contributed by atoms with Gasteiger partial charge < -0.3 is 19.9 Å². The normalized spacial score (nSPS) is 22.4. The molecule has 2 aromatic heterocycles. The Kier molecular flexibility index (Phi) is 8.37. The Balaban J connectivity index is 1.13. The molecule has 5 heterocycles. The monoisotopic (exact) mass is 508 g/mol. The third kappa shape index (κ3) is 6.13. The number of fused-ring (bicyclic) bond motifs is 2. The molecule has 1 unspecified atom stereocenters. The number of aryl methyl sites for hydroxylation is 2. The van der Waals surface area contributed by atoms with E-state index in [0.717, 1.165) is 73.3 Å². The average Bonchev–Trinajstić information content (AvgIpc) is 3.36. The summed E-state index contributed by atoms with van der Waals surface area (Å²) in [7, 11) is 0. The van der Waals surface area contributed by atoms with Crippen molar-refractivity contribution < 1.29 is 19.4 Å². The van der Waals surface area contributed by atoms with Gasteiger partial charge in [0, 0.05) is 49.9 Å². The zero-order valence-corrected chi connectivity index (χ0v) is 22.1. The van der Waals surface area contributed by atoms with E-state index in [1.165, 1.54) is 12.0 Å². The van der Waals surface area contributed by atoms with Gasteiger partial charge in [0.2, 0.25) is 0 Å². The van der Waals surface area contributed by atoms with Gasteiger partial charge in [0.25, 0.3) is 0 Å². The van der Waals surface area contributed by atoms with Gasteiger partial charge in [-0.25, -0.2) is 4.98 Å². The molecule has 5 rings (SSSR count). The number of nitrogens with one attached hydrogen (secondary N) is 1. The Morgan fingerprint density at radius 2 is 2.16 bits per heavy atom. The molecular weight excluding hydrogens is 468 g/mol. The summed E-state index contributed by atoms with van der Waals surface area (Å²) in [6.45, 7) is 7.82. The number of hydrogen-bond donors (Lipinski definition) is 2. The number of hydrogen-bond acceptors (Lipinski definition) is 7. The van der Waals surface area contributed by atoms with Gasteiger partial charge in [-0.05, 0) is 73.6 Å². The maximum Gasteiger partial charge on any atom is 0.325 e. The number of ether oxygens (including phenoxy) is 2. The third-order valence-electron chi connectivity index (χ3n) is 7.98. The van der Waals surface area contributed by atoms with Crippen LogP contribution in [0.2, 0.25) is 0 Å². The maximum absolute atomic E-state index is 12.5. The van der Waals surface area contributed by atoms with Gasteiger partial charge in [-0.2, -0.15) is 0 Å². The first-order valence-corrected chi connectivity index (χ1v) is 13.9. The molecule has 3 aliphatic rings. The number of nitrogens with zero attached hydrogens (tertiary/aromatic N) is 3. The summed E-state index contributed by atoms with van der Waals surface area (Å²) < 4.78 is 12.2. The highest BCUT2D eigenvalue weighted by atomic mass is 16.5. The SMILES string of the molecule is CC(C)C1Cc2c(cncc2[C@H](C(=O)O)N2CC[C@@H](OCCCCc3ccc4c(n3)NCCC4)C2)CO1. The Bertz CT molecular complexity index is 1090. The molecule has 8 nitrogen and oxygen atoms in total. The first-order valence-electron chi connectivity index (χ1n) is 13.9. The van der Waals surface area contributed by atoms with Crippen LogP contribution >= 0.6 is 0 Å². The van der Waals surface area contributed by atoms with Gasteiger partial charge in [0.15, 0.2) is 0 Å². The van der Waals surface area contributed by atoms with Crippen LogP contribution in [0.25, 0.3) is 0 Å². The van der Waals surface area contributed by atoms with Gasteiger partial charge >= 0.3 is 5.97 Å². The molecule has 0 spiro atoms. The van der Waals surface area contributed by atoms with Crippen LogP contribution in [0.5, 0.6) is 0 Å². The smallest absolute Gasteiger partial charge is 0.325 e. The summed E-state index contributed by atoms with van der Waals surface area (Å²) >= 11 is 0. The van der Waals surface area contributed by atoms with Crippen LogP contribution in [0.15, 0.2) is 24.5 Å². The molecule has 37 heavy (non-hydrogen) atoms. The van der Waals surface area contributed by atoms with Gasteiger partial charge in [0.1, 0.15) is 11.9 Å². The highest BCUT2D eigenvalue weighted by molar-refractivity contribution is 5.76. The van der Waals surface area contributed by atoms with Crippen molar-refractivity contribution in [3.63, 3.8) is 0 Å². The molecule has 200 valence electrons. The topological polar surface area (TPSA) is 96.8 Å². The van der Waals surface area contributed by atoms with Crippen LogP contribution in [0, 0.1) is 5.92 Å². The summed E-state index contributed by atoms with van der Waals surface area (Å²) in [5.74, 6) is 0.610. The molecule has 1 fully saturated rings. The molecule has 3 aliphatic heterocycles. The third-order valence-corrected chi connectivity index (χ3v) is 7.98. The summed E-state index contributed by atoms with van der Waals surface area (Å²) in [4.78, 5) is 23.7. The molecular formula is C29H40N4O4. The number of carboxylic acid groups (broad SMARTS) is 1. The van der Waals surface area contributed by atoms with Crippen molar-refractivity contribution in [1.82, 2.24) is 14.9 Å². The number of rotatable bonds is 10. The summed E-state index contributed by atoms with van der Waals surface area (Å²) in [5, 5.41) is 13.6. The van der Waals surface area contributed by atoms with Crippen LogP contribution in [0.4, 0.5) is 5.82 Å². The lowest BCUT2D eigenvalue weighted by Gasteiger charge is -2.32. The lowest BCUT2D eigenvalue weighted by atomic mass is 9.88. The highest BCUT2D eigenvalue weighted by Crippen LogP contribution is 2.34. The molecule has 8 heteroatoms. The fourth-order valence-electron chi connectivity index (χ4n) is 5.82. The molecule has 0 saturated carbocycles. The first-order chi connectivity index (χ1) is 18.0. The number of pyridine rings is 2. The van der Waals surface area contributed by atoms with Crippen molar-refractivity contribution in [2.75, 3.05) is 31.6 Å². The van der Waals surface area contributed by atoms with Gasteiger partial charge in [-0.1, -0.05) is 19.9 Å². The second kappa shape index (κ2) is 11.9. The minimum Gasteiger partial charge on any atom is -0.480 e. The number of aliphatic carboxylic acids is 1. The minimum atomic E-state index is -0.824. The minimum absolute atomic E-state index is 0.0622. The Hall–Kier alpha value is -2.55. The van der Waals surface area contributed by atoms with E-state index in [1.807, 2.05) is 11.1 Å². The van der Waals surface area contributed by atoms with Gasteiger partial charge in [0.05, 0.1) is 18.8 Å². The van der Waals surface area contributed by atoms with Crippen LogP contribution in [-0.4, -0.2) is 64.4 Å². The van der Waals surface area contributed by atoms with Crippen molar-refractivity contribution in [3.8, 4) is 0 Å². The van der Waals surface area contributed by atoms with Crippen LogP contribution < -0.4 is 5.32 Å². The van der Waals surface area contributed by atoms with Crippen molar-refractivity contribution in [1.29, 1.82) is 0 Å². The van der Waals surface area contributed by atoms with E-state index in [-0.39, 0.29) is 12.2 Å². The number of likely N-dealkylation sites (tertiary alicyclic amines) is 1. The highest BCUT2D eigenvalue weighted by Gasteiger charge is 2.37. The molecule has 1 saturated heterocycles. The fourth-order valence-corrected chi connectivity index (χ4v) is 5.82. The predicted octanol–water partition coefficient (Wildman–Crippen LogP) is 4.17. The van der Waals surface area contributed by atoms with E-state index in [9.17, 15) is 9.90 Å². The summed E-state index contributed by atoms with van der Waals surface area (Å²) in [5.41, 5.74) is 5.38. The number of carboxylic acids is 1. The quantitative estimate of drug-likeness (QED) is 0.462. The van der Waals surface area contributed by atoms with E-state index in [4.69, 9.17) is 14.5 Å².